The van der Waals surface area contributed by atoms with Crippen LogP contribution in [0.4, 0.5) is 4.39 Å². The van der Waals surface area contributed by atoms with Gasteiger partial charge in [0.2, 0.25) is 0 Å². The van der Waals surface area contributed by atoms with Crippen molar-refractivity contribution in [2.45, 2.75) is 75.2 Å². The van der Waals surface area contributed by atoms with E-state index in [1.54, 1.807) is 18.2 Å². The van der Waals surface area contributed by atoms with Crippen LogP contribution in [-0.4, -0.2) is 52.7 Å². The molecule has 4 aliphatic carbocycles. The summed E-state index contributed by atoms with van der Waals surface area (Å²) in [5.74, 6) is 1.85. The van der Waals surface area contributed by atoms with Gasteiger partial charge in [0.05, 0.1) is 30.2 Å². The number of ether oxygens (including phenoxy) is 1. The van der Waals surface area contributed by atoms with Crippen LogP contribution in [0, 0.1) is 34.9 Å². The lowest BCUT2D eigenvalue weighted by atomic mass is 9.52. The number of aliphatic imine (C=N–C) groups is 1. The fourth-order valence-electron chi connectivity index (χ4n) is 7.00. The van der Waals surface area contributed by atoms with Gasteiger partial charge in [0, 0.05) is 6.54 Å². The molecule has 1 aromatic carbocycles. The first-order chi connectivity index (χ1) is 15.4. The molecule has 6 nitrogen and oxygen atoms in total. The van der Waals surface area contributed by atoms with Crippen molar-refractivity contribution in [3.8, 4) is 11.8 Å². The number of nitriles is 1. The molecule has 5 fully saturated rings. The molecule has 4 atom stereocenters. The lowest BCUT2D eigenvalue weighted by Crippen LogP contribution is -2.57. The number of halogens is 1. The van der Waals surface area contributed by atoms with Crippen LogP contribution in [0.5, 0.6) is 5.75 Å². The summed E-state index contributed by atoms with van der Waals surface area (Å²) in [6.07, 6.45) is 6.73. The van der Waals surface area contributed by atoms with Gasteiger partial charge in [0.25, 0.3) is 0 Å². The third kappa shape index (κ3) is 4.23. The van der Waals surface area contributed by atoms with Crippen LogP contribution in [0.1, 0.15) is 51.4 Å². The Morgan fingerprint density at radius 3 is 2.75 bits per heavy atom. The average Bonchev–Trinajstić information content (AvgIpc) is 2.75. The Morgan fingerprint density at radius 2 is 2.06 bits per heavy atom. The molecular formula is C25H33FN4O2. The topological polar surface area (TPSA) is 94.9 Å². The van der Waals surface area contributed by atoms with Crippen LogP contribution in [0.15, 0.2) is 29.3 Å². The Balaban J connectivity index is 1.30. The van der Waals surface area contributed by atoms with E-state index < -0.39 is 5.60 Å². The second kappa shape index (κ2) is 8.64. The number of aliphatic hydroxyl groups is 1. The number of nitrogens with zero attached hydrogens (tertiary/aromatic N) is 3. The highest BCUT2D eigenvalue weighted by Gasteiger charge is 2.55. The number of hydrogen-bond donors (Lipinski definition) is 2. The Labute approximate surface area is 189 Å². The summed E-state index contributed by atoms with van der Waals surface area (Å²) >= 11 is 0. The van der Waals surface area contributed by atoms with Gasteiger partial charge in [-0.25, -0.2) is 4.39 Å². The molecule has 5 aliphatic rings. The van der Waals surface area contributed by atoms with Gasteiger partial charge in [-0.15, -0.1) is 0 Å². The number of rotatable bonds is 6. The van der Waals surface area contributed by atoms with E-state index in [4.69, 9.17) is 15.5 Å². The molecule has 4 saturated carbocycles. The molecule has 32 heavy (non-hydrogen) atoms. The summed E-state index contributed by atoms with van der Waals surface area (Å²) in [7, 11) is 0. The van der Waals surface area contributed by atoms with E-state index in [-0.39, 0.29) is 36.2 Å². The fourth-order valence-corrected chi connectivity index (χ4v) is 7.00. The molecule has 3 N–H and O–H groups in total. The van der Waals surface area contributed by atoms with Gasteiger partial charge in [0.1, 0.15) is 11.9 Å². The number of para-hydroxylation sites is 1. The Hall–Kier alpha value is -2.17. The van der Waals surface area contributed by atoms with E-state index in [9.17, 15) is 14.8 Å². The molecule has 4 bridgehead atoms. The van der Waals surface area contributed by atoms with Crippen LogP contribution < -0.4 is 10.5 Å². The summed E-state index contributed by atoms with van der Waals surface area (Å²) in [6.45, 7) is 1.41. The van der Waals surface area contributed by atoms with Gasteiger partial charge in [-0.2, -0.15) is 5.26 Å². The number of hydrogen-bond acceptors (Lipinski definition) is 5. The van der Waals surface area contributed by atoms with E-state index in [2.05, 4.69) is 11.0 Å². The molecule has 6 rings (SSSR count). The highest BCUT2D eigenvalue weighted by molar-refractivity contribution is 5.86. The maximum atomic E-state index is 14.0. The first-order valence-corrected chi connectivity index (χ1v) is 12.0. The summed E-state index contributed by atoms with van der Waals surface area (Å²) in [5.41, 5.74) is 6.07. The SMILES string of the molecule is N#CCC(C(N)=NC1C2CC3CC1CC(O)(C3)C2)N1CCCC(Oc2ccccc2F)C1. The summed E-state index contributed by atoms with van der Waals surface area (Å²) < 4.78 is 20.0. The van der Waals surface area contributed by atoms with E-state index in [1.165, 1.54) is 6.07 Å². The van der Waals surface area contributed by atoms with Gasteiger partial charge >= 0.3 is 0 Å². The Morgan fingerprint density at radius 1 is 1.31 bits per heavy atom. The Bertz CT molecular complexity index is 899. The van der Waals surface area contributed by atoms with Crippen LogP contribution in [-0.2, 0) is 0 Å². The van der Waals surface area contributed by atoms with Crippen LogP contribution in [0.2, 0.25) is 0 Å². The Kier molecular flexibility index (Phi) is 5.85. The molecule has 0 amide bonds. The second-order valence-electron chi connectivity index (χ2n) is 10.4. The summed E-state index contributed by atoms with van der Waals surface area (Å²) in [5, 5.41) is 20.3. The van der Waals surface area contributed by atoms with E-state index in [1.807, 2.05) is 0 Å². The molecule has 1 saturated heterocycles. The van der Waals surface area contributed by atoms with Gasteiger partial charge in [0.15, 0.2) is 11.6 Å². The van der Waals surface area contributed by atoms with E-state index in [0.717, 1.165) is 51.5 Å². The zero-order valence-electron chi connectivity index (χ0n) is 18.5. The smallest absolute Gasteiger partial charge is 0.165 e. The number of nitrogens with two attached hydrogens (primary N) is 1. The molecule has 0 radical (unpaired) electrons. The predicted molar refractivity (Wildman–Crippen MR) is 120 cm³/mol. The van der Waals surface area contributed by atoms with Gasteiger partial charge < -0.3 is 15.6 Å². The normalized spacial score (nSPS) is 37.8. The second-order valence-corrected chi connectivity index (χ2v) is 10.4. The van der Waals surface area contributed by atoms with Gasteiger partial charge in [-0.05, 0) is 81.4 Å². The largest absolute Gasteiger partial charge is 0.486 e. The van der Waals surface area contributed by atoms with Gasteiger partial charge in [-0.3, -0.25) is 9.89 Å². The van der Waals surface area contributed by atoms with Crippen molar-refractivity contribution in [3.63, 3.8) is 0 Å². The third-order valence-electron chi connectivity index (χ3n) is 8.10. The van der Waals surface area contributed by atoms with Crippen molar-refractivity contribution in [2.24, 2.45) is 28.5 Å². The minimum absolute atomic E-state index is 0.148. The lowest BCUT2D eigenvalue weighted by molar-refractivity contribution is -0.132. The molecule has 4 unspecified atom stereocenters. The van der Waals surface area contributed by atoms with E-state index in [0.29, 0.717) is 30.1 Å². The van der Waals surface area contributed by atoms with Crippen molar-refractivity contribution in [1.29, 1.82) is 5.26 Å². The van der Waals surface area contributed by atoms with E-state index >= 15 is 0 Å². The third-order valence-corrected chi connectivity index (χ3v) is 8.10. The lowest BCUT2D eigenvalue weighted by Gasteiger charge is -2.57. The zero-order valence-corrected chi connectivity index (χ0v) is 18.5. The van der Waals surface area contributed by atoms with Crippen molar-refractivity contribution in [2.75, 3.05) is 13.1 Å². The first kappa shape index (κ1) is 21.7. The quantitative estimate of drug-likeness (QED) is 0.523. The predicted octanol–water partition coefficient (Wildman–Crippen LogP) is 3.25. The van der Waals surface area contributed by atoms with Crippen molar-refractivity contribution in [1.82, 2.24) is 4.90 Å². The molecule has 172 valence electrons. The number of likely N-dealkylation sites (tertiary alicyclic amines) is 1. The summed E-state index contributed by atoms with van der Waals surface area (Å²) in [6, 6.07) is 8.65. The molecule has 1 aliphatic heterocycles. The molecule has 7 heteroatoms. The molecule has 0 spiro atoms. The van der Waals surface area contributed by atoms with Crippen molar-refractivity contribution < 1.29 is 14.2 Å². The van der Waals surface area contributed by atoms with Crippen LogP contribution in [0.3, 0.4) is 0 Å². The monoisotopic (exact) mass is 440 g/mol. The standard InChI is InChI=1S/C25H33FN4O2/c26-20-5-1-2-6-22(20)32-19-4-3-9-30(15-19)21(7-8-27)24(28)29-23-17-10-16-11-18(23)14-25(31,12-16)13-17/h1-2,5-6,16-19,21,23,31H,3-4,7,9-15H2,(H2,28,29). The minimum atomic E-state index is -0.493. The number of benzene rings is 1. The van der Waals surface area contributed by atoms with Crippen LogP contribution in [0.25, 0.3) is 0 Å². The molecule has 0 aromatic heterocycles. The minimum Gasteiger partial charge on any atom is -0.486 e. The fraction of sp³-hybridized carbons (Fsp3) is 0.680. The molecule has 1 aromatic rings. The number of amidine groups is 1. The summed E-state index contributed by atoms with van der Waals surface area (Å²) in [4.78, 5) is 7.19. The van der Waals surface area contributed by atoms with Crippen LogP contribution >= 0.6 is 0 Å². The number of piperidine rings is 1. The highest BCUT2D eigenvalue weighted by Crippen LogP contribution is 2.56. The maximum Gasteiger partial charge on any atom is 0.165 e. The molecule has 1 heterocycles. The zero-order chi connectivity index (χ0) is 22.3. The molecular weight excluding hydrogens is 407 g/mol. The van der Waals surface area contributed by atoms with Crippen molar-refractivity contribution in [3.05, 3.63) is 30.1 Å². The average molecular weight is 441 g/mol. The van der Waals surface area contributed by atoms with Crippen molar-refractivity contribution >= 4 is 5.84 Å². The van der Waals surface area contributed by atoms with Gasteiger partial charge in [-0.1, -0.05) is 12.1 Å². The first-order valence-electron chi connectivity index (χ1n) is 12.0. The maximum absolute atomic E-state index is 14.0. The highest BCUT2D eigenvalue weighted by atomic mass is 19.1.